The Morgan fingerprint density at radius 1 is 1.33 bits per heavy atom. The molecule has 1 aliphatic rings. The van der Waals surface area contributed by atoms with Gasteiger partial charge < -0.3 is 15.5 Å². The second kappa shape index (κ2) is 9.05. The summed E-state index contributed by atoms with van der Waals surface area (Å²) < 4.78 is 13.8. The summed E-state index contributed by atoms with van der Waals surface area (Å²) in [7, 11) is 0. The van der Waals surface area contributed by atoms with Gasteiger partial charge in [0.05, 0.1) is 11.4 Å². The van der Waals surface area contributed by atoms with Gasteiger partial charge in [-0.1, -0.05) is 0 Å². The molecule has 1 unspecified atom stereocenters. The van der Waals surface area contributed by atoms with E-state index in [1.807, 2.05) is 20.8 Å². The largest absolute Gasteiger partial charge is 0.351 e. The zero-order valence-electron chi connectivity index (χ0n) is 15.5. The number of thioether (sulfide) groups is 1. The quantitative estimate of drug-likeness (QED) is 0.708. The number of amides is 3. The van der Waals surface area contributed by atoms with Gasteiger partial charge in [-0.2, -0.15) is 0 Å². The predicted octanol–water partition coefficient (Wildman–Crippen LogP) is 2.52. The van der Waals surface area contributed by atoms with E-state index in [0.29, 0.717) is 16.1 Å². The number of halogens is 2. The summed E-state index contributed by atoms with van der Waals surface area (Å²) in [5.41, 5.74) is -0.202. The Kier molecular flexibility index (Phi) is 7.27. The van der Waals surface area contributed by atoms with Crippen LogP contribution in [-0.4, -0.2) is 52.4 Å². The molecule has 0 aliphatic carbocycles. The Hall–Kier alpha value is -1.61. The van der Waals surface area contributed by atoms with Gasteiger partial charge in [0.1, 0.15) is 11.9 Å². The van der Waals surface area contributed by atoms with E-state index >= 15 is 0 Å². The molecule has 3 amide bonds. The van der Waals surface area contributed by atoms with Gasteiger partial charge in [0.15, 0.2) is 0 Å². The predicted molar refractivity (Wildman–Crippen MR) is 107 cm³/mol. The Bertz CT molecular complexity index is 739. The minimum atomic E-state index is -0.513. The molecule has 6 nitrogen and oxygen atoms in total. The molecule has 0 aromatic heterocycles. The van der Waals surface area contributed by atoms with Crippen LogP contribution in [0.15, 0.2) is 22.7 Å². The topological polar surface area (TPSA) is 78.5 Å². The molecule has 0 radical (unpaired) electrons. The average molecular weight is 460 g/mol. The Balaban J connectivity index is 1.88. The first-order valence-corrected chi connectivity index (χ1v) is 10.5. The maximum atomic E-state index is 13.3. The highest BCUT2D eigenvalue weighted by Gasteiger charge is 2.35. The number of hydrogen-bond donors (Lipinski definition) is 2. The molecule has 2 rings (SSSR count). The first-order chi connectivity index (χ1) is 12.6. The Morgan fingerprint density at radius 3 is 2.70 bits per heavy atom. The van der Waals surface area contributed by atoms with Crippen molar-refractivity contribution in [3.8, 4) is 0 Å². The van der Waals surface area contributed by atoms with Gasteiger partial charge in [-0.3, -0.25) is 14.4 Å². The molecule has 9 heteroatoms. The lowest BCUT2D eigenvalue weighted by Crippen LogP contribution is -2.52. The van der Waals surface area contributed by atoms with Crippen LogP contribution in [0.1, 0.15) is 37.6 Å². The zero-order valence-corrected chi connectivity index (χ0v) is 17.9. The van der Waals surface area contributed by atoms with Crippen LogP contribution in [0.2, 0.25) is 0 Å². The van der Waals surface area contributed by atoms with Crippen molar-refractivity contribution in [1.82, 2.24) is 15.5 Å². The van der Waals surface area contributed by atoms with Gasteiger partial charge in [0, 0.05) is 28.7 Å². The van der Waals surface area contributed by atoms with Gasteiger partial charge in [0.25, 0.3) is 5.91 Å². The van der Waals surface area contributed by atoms with Crippen molar-refractivity contribution in [2.45, 2.75) is 38.8 Å². The summed E-state index contributed by atoms with van der Waals surface area (Å²) in [5, 5.41) is 5.51. The molecule has 1 fully saturated rings. The summed E-state index contributed by atoms with van der Waals surface area (Å²) in [6.45, 7) is 5.77. The molecule has 1 atom stereocenters. The van der Waals surface area contributed by atoms with Crippen LogP contribution >= 0.6 is 27.7 Å². The van der Waals surface area contributed by atoms with Crippen LogP contribution < -0.4 is 10.6 Å². The molecule has 27 heavy (non-hydrogen) atoms. The van der Waals surface area contributed by atoms with E-state index in [2.05, 4.69) is 26.6 Å². The number of nitrogens with one attached hydrogen (secondary N) is 2. The van der Waals surface area contributed by atoms with E-state index in [-0.39, 0.29) is 35.9 Å². The van der Waals surface area contributed by atoms with Crippen molar-refractivity contribution >= 4 is 45.4 Å². The van der Waals surface area contributed by atoms with Crippen molar-refractivity contribution in [2.75, 3.05) is 18.2 Å². The van der Waals surface area contributed by atoms with Crippen LogP contribution in [-0.2, 0) is 9.59 Å². The highest BCUT2D eigenvalue weighted by Crippen LogP contribution is 2.22. The molecule has 1 heterocycles. The van der Waals surface area contributed by atoms with Crippen LogP contribution in [0.4, 0.5) is 4.39 Å². The first-order valence-electron chi connectivity index (χ1n) is 8.51. The third kappa shape index (κ3) is 6.21. The second-order valence-corrected chi connectivity index (χ2v) is 9.10. The van der Waals surface area contributed by atoms with Crippen molar-refractivity contribution in [3.63, 3.8) is 0 Å². The van der Waals surface area contributed by atoms with Crippen LogP contribution in [0.25, 0.3) is 0 Å². The van der Waals surface area contributed by atoms with Gasteiger partial charge in [-0.05, 0) is 54.9 Å². The van der Waals surface area contributed by atoms with Gasteiger partial charge >= 0.3 is 0 Å². The summed E-state index contributed by atoms with van der Waals surface area (Å²) in [4.78, 5) is 38.5. The van der Waals surface area contributed by atoms with E-state index < -0.39 is 17.8 Å². The lowest BCUT2D eigenvalue weighted by Gasteiger charge is -2.27. The summed E-state index contributed by atoms with van der Waals surface area (Å²) in [5.74, 6) is -0.352. The fraction of sp³-hybridized carbons (Fsp3) is 0.500. The standard InChI is InChI=1S/C18H23BrFN3O3S/c1-18(2,3)22-17(26)14-9-27-10-23(14)15(24)6-7-21-16(25)12-8-11(20)4-5-13(12)19/h4-5,8,14H,6-7,9-10H2,1-3H3,(H,21,25)(H,22,26). The van der Waals surface area contributed by atoms with E-state index in [4.69, 9.17) is 0 Å². The molecule has 1 aliphatic heterocycles. The average Bonchev–Trinajstić information content (AvgIpc) is 3.05. The number of hydrogen-bond acceptors (Lipinski definition) is 4. The van der Waals surface area contributed by atoms with Crippen LogP contribution in [0.5, 0.6) is 0 Å². The fourth-order valence-electron chi connectivity index (χ4n) is 2.55. The summed E-state index contributed by atoms with van der Waals surface area (Å²) >= 11 is 4.73. The monoisotopic (exact) mass is 459 g/mol. The first kappa shape index (κ1) is 21.7. The number of nitrogens with zero attached hydrogens (tertiary/aromatic N) is 1. The molecular weight excluding hydrogens is 437 g/mol. The molecule has 1 aromatic carbocycles. The third-order valence-corrected chi connectivity index (χ3v) is 5.50. The smallest absolute Gasteiger partial charge is 0.252 e. The fourth-order valence-corrected chi connectivity index (χ4v) is 4.16. The van der Waals surface area contributed by atoms with Crippen LogP contribution in [0, 0.1) is 5.82 Å². The number of carbonyl (C=O) groups is 3. The molecule has 148 valence electrons. The molecule has 1 saturated heterocycles. The lowest BCUT2D eigenvalue weighted by atomic mass is 10.1. The van der Waals surface area contributed by atoms with Gasteiger partial charge in [0.2, 0.25) is 11.8 Å². The van der Waals surface area contributed by atoms with E-state index in [9.17, 15) is 18.8 Å². The molecule has 0 bridgehead atoms. The lowest BCUT2D eigenvalue weighted by molar-refractivity contribution is -0.138. The highest BCUT2D eigenvalue weighted by molar-refractivity contribution is 9.10. The SMILES string of the molecule is CC(C)(C)NC(=O)C1CSCN1C(=O)CCNC(=O)c1cc(F)ccc1Br. The normalized spacial score (nSPS) is 16.9. The van der Waals surface area contributed by atoms with E-state index in [1.165, 1.54) is 28.8 Å². The maximum absolute atomic E-state index is 13.3. The number of benzene rings is 1. The third-order valence-electron chi connectivity index (χ3n) is 3.80. The maximum Gasteiger partial charge on any atom is 0.252 e. The van der Waals surface area contributed by atoms with Crippen LogP contribution in [0.3, 0.4) is 0 Å². The van der Waals surface area contributed by atoms with Gasteiger partial charge in [-0.15, -0.1) is 11.8 Å². The molecule has 1 aromatic rings. The van der Waals surface area contributed by atoms with Crippen molar-refractivity contribution in [2.24, 2.45) is 0 Å². The minimum Gasteiger partial charge on any atom is -0.351 e. The summed E-state index contributed by atoms with van der Waals surface area (Å²) in [6.07, 6.45) is 0.0680. The van der Waals surface area contributed by atoms with E-state index in [0.717, 1.165) is 6.07 Å². The Morgan fingerprint density at radius 2 is 2.04 bits per heavy atom. The molecule has 0 saturated carbocycles. The van der Waals surface area contributed by atoms with E-state index in [1.54, 1.807) is 0 Å². The Labute approximate surface area is 170 Å². The van der Waals surface area contributed by atoms with Crippen molar-refractivity contribution in [1.29, 1.82) is 0 Å². The molecule has 0 spiro atoms. The number of carbonyl (C=O) groups excluding carboxylic acids is 3. The molecular formula is C18H23BrFN3O3S. The van der Waals surface area contributed by atoms with Crippen molar-refractivity contribution < 1.29 is 18.8 Å². The minimum absolute atomic E-state index is 0.0680. The number of rotatable bonds is 5. The molecule has 2 N–H and O–H groups in total. The highest BCUT2D eigenvalue weighted by atomic mass is 79.9. The zero-order chi connectivity index (χ0) is 20.2. The summed E-state index contributed by atoms with van der Waals surface area (Å²) in [6, 6.07) is 3.33. The van der Waals surface area contributed by atoms with Gasteiger partial charge in [-0.25, -0.2) is 4.39 Å². The second-order valence-electron chi connectivity index (χ2n) is 7.25. The van der Waals surface area contributed by atoms with Crippen molar-refractivity contribution in [3.05, 3.63) is 34.1 Å².